The molecule has 2 rings (SSSR count). The zero-order valence-electron chi connectivity index (χ0n) is 13.3. The molecule has 0 bridgehead atoms. The van der Waals surface area contributed by atoms with Crippen LogP contribution in [-0.2, 0) is 11.2 Å². The van der Waals surface area contributed by atoms with Gasteiger partial charge in [0.25, 0.3) is 0 Å². The van der Waals surface area contributed by atoms with E-state index >= 15 is 0 Å². The maximum atomic E-state index is 13.4. The van der Waals surface area contributed by atoms with E-state index in [1.165, 1.54) is 24.9 Å². The quantitative estimate of drug-likeness (QED) is 0.787. The molecule has 0 spiro atoms. The second-order valence-corrected chi connectivity index (χ2v) is 6.22. The lowest BCUT2D eigenvalue weighted by molar-refractivity contribution is -0.102. The van der Waals surface area contributed by atoms with Crippen molar-refractivity contribution in [1.82, 2.24) is 4.90 Å². The van der Waals surface area contributed by atoms with Gasteiger partial charge >= 0.3 is 0 Å². The van der Waals surface area contributed by atoms with Crippen molar-refractivity contribution in [2.75, 3.05) is 6.61 Å². The van der Waals surface area contributed by atoms with Gasteiger partial charge in [-0.1, -0.05) is 0 Å². The Kier molecular flexibility index (Phi) is 5.08. The van der Waals surface area contributed by atoms with Crippen molar-refractivity contribution in [2.45, 2.75) is 44.2 Å². The Hall–Kier alpha value is -1.51. The number of hydrogen-bond acceptors (Lipinski definition) is 4. The number of aliphatic hydroxyl groups excluding tert-OH is 2. The van der Waals surface area contributed by atoms with Crippen LogP contribution in [-0.4, -0.2) is 59.3 Å². The summed E-state index contributed by atoms with van der Waals surface area (Å²) in [4.78, 5) is 13.4. The molecule has 1 saturated heterocycles. The molecule has 1 aliphatic heterocycles. The minimum absolute atomic E-state index is 0.0966. The molecular weight excluding hydrogens is 307 g/mol. The molecule has 0 aromatic heterocycles. The maximum absolute atomic E-state index is 13.4. The van der Waals surface area contributed by atoms with Gasteiger partial charge in [0.15, 0.2) is 5.81 Å². The van der Waals surface area contributed by atoms with Crippen LogP contribution in [0.5, 0.6) is 0 Å². The van der Waals surface area contributed by atoms with Gasteiger partial charge in [0, 0.05) is 6.07 Å². The molecule has 5 nitrogen and oxygen atoms in total. The van der Waals surface area contributed by atoms with Gasteiger partial charge in [0.1, 0.15) is 29.6 Å². The number of rotatable bonds is 4. The topological polar surface area (TPSA) is 70.0 Å². The van der Waals surface area contributed by atoms with E-state index in [2.05, 4.69) is 0 Å². The van der Waals surface area contributed by atoms with Crippen LogP contribution in [0.25, 0.3) is 0 Å². The Labute approximate surface area is 134 Å². The summed E-state index contributed by atoms with van der Waals surface area (Å²) >= 11 is 0. The molecule has 1 aromatic carbocycles. The van der Waals surface area contributed by atoms with Gasteiger partial charge in [-0.2, -0.15) is 0 Å². The van der Waals surface area contributed by atoms with Gasteiger partial charge in [0.2, 0.25) is 7.85 Å². The molecule has 23 heavy (non-hydrogen) atoms. The van der Waals surface area contributed by atoms with Crippen molar-refractivity contribution >= 4 is 13.7 Å². The second-order valence-electron chi connectivity index (χ2n) is 6.22. The third-order valence-corrected chi connectivity index (χ3v) is 3.99. The summed E-state index contributed by atoms with van der Waals surface area (Å²) in [5.41, 5.74) is -0.654. The van der Waals surface area contributed by atoms with Gasteiger partial charge < -0.3 is 19.8 Å². The van der Waals surface area contributed by atoms with Crippen LogP contribution >= 0.6 is 0 Å². The summed E-state index contributed by atoms with van der Waals surface area (Å²) in [7, 11) is 1.36. The lowest BCUT2D eigenvalue weighted by Crippen LogP contribution is -2.50. The molecule has 2 N–H and O–H groups in total. The fraction of sp³-hybridized carbons (Fsp3) is 0.533. The highest BCUT2D eigenvalue weighted by atomic mass is 19.1. The van der Waals surface area contributed by atoms with Gasteiger partial charge in [-0.05, 0) is 38.0 Å². The van der Waals surface area contributed by atoms with Crippen molar-refractivity contribution in [3.63, 3.8) is 0 Å². The minimum Gasteiger partial charge on any atom is -0.394 e. The zero-order chi connectivity index (χ0) is 17.4. The number of benzene rings is 1. The molecule has 3 atom stereocenters. The van der Waals surface area contributed by atoms with Crippen LogP contribution < -0.4 is 0 Å². The average Bonchev–Trinajstić information content (AvgIpc) is 2.67. The molecule has 1 unspecified atom stereocenters. The molecule has 1 fully saturated rings. The fourth-order valence-electron chi connectivity index (χ4n) is 3.24. The molecule has 126 valence electrons. The van der Waals surface area contributed by atoms with Gasteiger partial charge in [-0.3, -0.25) is 4.79 Å². The third kappa shape index (κ3) is 3.71. The first-order chi connectivity index (χ1) is 10.7. The number of amides is 1. The molecule has 0 aliphatic carbocycles. The standard InChI is InChI=1S/C15H20BF2NO4/c1-15(2)19(14(16)22)11(13(23-15)12(21)7-20)5-8-3-9(17)6-10(18)4-8/h3-4,6,11-13,20-21H,5,7,16H2,1-2H3/t11-,12?,13+/m0/s1. The van der Waals surface area contributed by atoms with E-state index in [0.717, 1.165) is 6.07 Å². The SMILES string of the molecule is BC(=O)N1[C@@H](Cc2cc(F)cc(F)c2)[C@H](C(O)CO)OC1(C)C. The molecule has 1 heterocycles. The summed E-state index contributed by atoms with van der Waals surface area (Å²) in [6.07, 6.45) is -1.97. The van der Waals surface area contributed by atoms with Crippen LogP contribution in [0.15, 0.2) is 18.2 Å². The third-order valence-electron chi connectivity index (χ3n) is 3.99. The summed E-state index contributed by atoms with van der Waals surface area (Å²) < 4.78 is 32.5. The number of hydrogen-bond donors (Lipinski definition) is 2. The summed E-state index contributed by atoms with van der Waals surface area (Å²) in [6, 6.07) is 2.47. The Balaban J connectivity index is 2.37. The van der Waals surface area contributed by atoms with E-state index in [1.807, 2.05) is 0 Å². The number of halogens is 2. The first-order valence-electron chi connectivity index (χ1n) is 7.37. The second kappa shape index (κ2) is 6.55. The monoisotopic (exact) mass is 327 g/mol. The lowest BCUT2D eigenvalue weighted by Gasteiger charge is -2.33. The molecule has 1 aromatic rings. The first kappa shape index (κ1) is 17.8. The smallest absolute Gasteiger partial charge is 0.216 e. The van der Waals surface area contributed by atoms with Crippen molar-refractivity contribution in [2.24, 2.45) is 0 Å². The number of nitrogens with zero attached hydrogens (tertiary/aromatic N) is 1. The first-order valence-corrected chi connectivity index (χ1v) is 7.37. The molecule has 0 saturated carbocycles. The number of carbonyl (C=O) groups is 1. The highest BCUT2D eigenvalue weighted by Gasteiger charge is 2.50. The van der Waals surface area contributed by atoms with E-state index in [0.29, 0.717) is 5.56 Å². The Morgan fingerprint density at radius 2 is 1.96 bits per heavy atom. The number of ether oxygens (including phenoxy) is 1. The van der Waals surface area contributed by atoms with E-state index in [1.54, 1.807) is 13.8 Å². The predicted molar refractivity (Wildman–Crippen MR) is 81.7 cm³/mol. The maximum Gasteiger partial charge on any atom is 0.216 e. The average molecular weight is 327 g/mol. The Bertz CT molecular complexity index is 579. The summed E-state index contributed by atoms with van der Waals surface area (Å²) in [5.74, 6) is -1.72. The molecule has 0 radical (unpaired) electrons. The molecule has 8 heteroatoms. The number of aliphatic hydroxyl groups is 2. The van der Waals surface area contributed by atoms with Crippen molar-refractivity contribution in [3.05, 3.63) is 35.4 Å². The van der Waals surface area contributed by atoms with Gasteiger partial charge in [-0.25, -0.2) is 8.78 Å². The van der Waals surface area contributed by atoms with E-state index < -0.39 is 42.2 Å². The van der Waals surface area contributed by atoms with Crippen LogP contribution in [0.4, 0.5) is 13.6 Å². The van der Waals surface area contributed by atoms with E-state index in [-0.39, 0.29) is 12.2 Å². The molecule has 1 aliphatic rings. The number of carbonyl (C=O) groups excluding carboxylic acids is 1. The van der Waals surface area contributed by atoms with Crippen molar-refractivity contribution < 1.29 is 28.5 Å². The van der Waals surface area contributed by atoms with Crippen LogP contribution in [0.2, 0.25) is 0 Å². The van der Waals surface area contributed by atoms with Crippen LogP contribution in [0.3, 0.4) is 0 Å². The molecule has 1 amide bonds. The normalized spacial score (nSPS) is 24.7. The van der Waals surface area contributed by atoms with E-state index in [9.17, 15) is 23.8 Å². The zero-order valence-corrected chi connectivity index (χ0v) is 13.3. The lowest BCUT2D eigenvalue weighted by atomic mass is 9.94. The predicted octanol–water partition coefficient (Wildman–Crippen LogP) is 0.419. The van der Waals surface area contributed by atoms with Crippen LogP contribution in [0.1, 0.15) is 19.4 Å². The van der Waals surface area contributed by atoms with Crippen molar-refractivity contribution in [3.8, 4) is 0 Å². The molecular formula is C15H20BF2NO4. The van der Waals surface area contributed by atoms with Crippen molar-refractivity contribution in [1.29, 1.82) is 0 Å². The Morgan fingerprint density at radius 1 is 1.39 bits per heavy atom. The highest BCUT2D eigenvalue weighted by Crippen LogP contribution is 2.35. The van der Waals surface area contributed by atoms with Crippen LogP contribution in [0, 0.1) is 11.6 Å². The highest BCUT2D eigenvalue weighted by molar-refractivity contribution is 6.57. The minimum atomic E-state index is -1.21. The van der Waals surface area contributed by atoms with E-state index in [4.69, 9.17) is 4.74 Å². The fourth-order valence-corrected chi connectivity index (χ4v) is 3.24. The van der Waals surface area contributed by atoms with Gasteiger partial charge in [-0.15, -0.1) is 0 Å². The van der Waals surface area contributed by atoms with Gasteiger partial charge in [0.05, 0.1) is 12.6 Å². The largest absolute Gasteiger partial charge is 0.394 e. The Morgan fingerprint density at radius 3 is 2.43 bits per heavy atom. The summed E-state index contributed by atoms with van der Waals surface area (Å²) in [6.45, 7) is 2.79. The summed E-state index contributed by atoms with van der Waals surface area (Å²) in [5, 5.41) is 19.2.